The maximum atomic E-state index is 6.17. The number of rotatable bonds is 5. The Labute approximate surface area is 134 Å². The van der Waals surface area contributed by atoms with E-state index in [0.717, 1.165) is 33.6 Å². The van der Waals surface area contributed by atoms with Gasteiger partial charge in [-0.1, -0.05) is 23.7 Å². The number of ether oxygens (including phenoxy) is 1. The van der Waals surface area contributed by atoms with E-state index in [9.17, 15) is 0 Å². The van der Waals surface area contributed by atoms with Crippen molar-refractivity contribution in [3.8, 4) is 5.88 Å². The zero-order valence-corrected chi connectivity index (χ0v) is 13.0. The van der Waals surface area contributed by atoms with Crippen molar-refractivity contribution in [3.63, 3.8) is 0 Å². The first-order chi connectivity index (χ1) is 10.8. The first-order valence-electron chi connectivity index (χ1n) is 6.99. The summed E-state index contributed by atoms with van der Waals surface area (Å²) in [5.74, 6) is 0.619. The zero-order valence-electron chi connectivity index (χ0n) is 12.2. The van der Waals surface area contributed by atoms with Gasteiger partial charge >= 0.3 is 0 Å². The van der Waals surface area contributed by atoms with Gasteiger partial charge in [0.05, 0.1) is 12.6 Å². The van der Waals surface area contributed by atoms with Crippen LogP contribution in [0.5, 0.6) is 5.88 Å². The molecule has 2 heterocycles. The van der Waals surface area contributed by atoms with Gasteiger partial charge in [-0.2, -0.15) is 0 Å². The summed E-state index contributed by atoms with van der Waals surface area (Å²) in [7, 11) is 1.61. The van der Waals surface area contributed by atoms with Crippen LogP contribution in [0.15, 0.2) is 48.8 Å². The van der Waals surface area contributed by atoms with Gasteiger partial charge in [0, 0.05) is 42.0 Å². The highest BCUT2D eigenvalue weighted by Crippen LogP contribution is 2.22. The van der Waals surface area contributed by atoms with Gasteiger partial charge in [-0.15, -0.1) is 0 Å². The van der Waals surface area contributed by atoms with Crippen molar-refractivity contribution in [2.75, 3.05) is 7.11 Å². The number of pyridine rings is 2. The van der Waals surface area contributed by atoms with Crippen molar-refractivity contribution in [1.82, 2.24) is 15.3 Å². The second-order valence-corrected chi connectivity index (χ2v) is 5.39. The van der Waals surface area contributed by atoms with Crippen molar-refractivity contribution < 1.29 is 4.74 Å². The van der Waals surface area contributed by atoms with E-state index in [4.69, 9.17) is 16.3 Å². The number of methoxy groups -OCH3 is 1. The number of nitrogens with one attached hydrogen (secondary N) is 1. The molecule has 4 nitrogen and oxygen atoms in total. The normalized spacial score (nSPS) is 10.8. The predicted molar refractivity (Wildman–Crippen MR) is 88.1 cm³/mol. The third-order valence-electron chi connectivity index (χ3n) is 3.40. The summed E-state index contributed by atoms with van der Waals surface area (Å²) in [6, 6.07) is 11.7. The molecule has 3 rings (SSSR count). The van der Waals surface area contributed by atoms with Crippen LogP contribution in [-0.2, 0) is 13.1 Å². The van der Waals surface area contributed by atoms with Gasteiger partial charge in [0.25, 0.3) is 0 Å². The Morgan fingerprint density at radius 1 is 1.14 bits per heavy atom. The first-order valence-corrected chi connectivity index (χ1v) is 7.37. The van der Waals surface area contributed by atoms with Gasteiger partial charge in [-0.05, 0) is 29.3 Å². The summed E-state index contributed by atoms with van der Waals surface area (Å²) in [6.07, 6.45) is 3.60. The number of aromatic nitrogens is 2. The summed E-state index contributed by atoms with van der Waals surface area (Å²) in [6.45, 7) is 1.41. The molecular weight excluding hydrogens is 298 g/mol. The van der Waals surface area contributed by atoms with Crippen LogP contribution in [0.25, 0.3) is 10.9 Å². The molecule has 0 fully saturated rings. The van der Waals surface area contributed by atoms with Crippen LogP contribution in [-0.4, -0.2) is 17.1 Å². The van der Waals surface area contributed by atoms with Crippen molar-refractivity contribution in [1.29, 1.82) is 0 Å². The molecule has 2 aromatic heterocycles. The van der Waals surface area contributed by atoms with Gasteiger partial charge in [0.1, 0.15) is 0 Å². The van der Waals surface area contributed by atoms with Gasteiger partial charge in [-0.3, -0.25) is 4.98 Å². The van der Waals surface area contributed by atoms with Gasteiger partial charge in [0.2, 0.25) is 5.88 Å². The summed E-state index contributed by atoms with van der Waals surface area (Å²) in [4.78, 5) is 8.63. The SMILES string of the molecule is COc1ccc(CNCc2cc(Cl)cc3cccnc23)cn1. The molecule has 0 amide bonds. The highest BCUT2D eigenvalue weighted by Gasteiger charge is 2.04. The topological polar surface area (TPSA) is 47.0 Å². The second-order valence-electron chi connectivity index (χ2n) is 4.95. The third-order valence-corrected chi connectivity index (χ3v) is 3.62. The highest BCUT2D eigenvalue weighted by molar-refractivity contribution is 6.31. The Morgan fingerprint density at radius 2 is 2.05 bits per heavy atom. The van der Waals surface area contributed by atoms with Crippen molar-refractivity contribution in [3.05, 3.63) is 64.9 Å². The minimum Gasteiger partial charge on any atom is -0.481 e. The predicted octanol–water partition coefficient (Wildman–Crippen LogP) is 3.58. The van der Waals surface area contributed by atoms with Crippen LogP contribution in [0.3, 0.4) is 0 Å². The van der Waals surface area contributed by atoms with E-state index < -0.39 is 0 Å². The average molecular weight is 314 g/mol. The maximum Gasteiger partial charge on any atom is 0.212 e. The molecule has 0 aliphatic rings. The fourth-order valence-electron chi connectivity index (χ4n) is 2.34. The molecular formula is C17H16ClN3O. The summed E-state index contributed by atoms with van der Waals surface area (Å²) in [5, 5.41) is 5.17. The van der Waals surface area contributed by atoms with E-state index in [2.05, 4.69) is 15.3 Å². The molecule has 3 aromatic rings. The van der Waals surface area contributed by atoms with Gasteiger partial charge in [0.15, 0.2) is 0 Å². The van der Waals surface area contributed by atoms with Gasteiger partial charge in [-0.25, -0.2) is 4.98 Å². The lowest BCUT2D eigenvalue weighted by Crippen LogP contribution is -2.13. The highest BCUT2D eigenvalue weighted by atomic mass is 35.5. The monoisotopic (exact) mass is 313 g/mol. The minimum absolute atomic E-state index is 0.619. The Hall–Kier alpha value is -2.17. The Kier molecular flexibility index (Phi) is 4.51. The largest absolute Gasteiger partial charge is 0.481 e. The number of fused-ring (bicyclic) bond motifs is 1. The van der Waals surface area contributed by atoms with Crippen molar-refractivity contribution in [2.45, 2.75) is 13.1 Å². The zero-order chi connectivity index (χ0) is 15.4. The Bertz CT molecular complexity index is 774. The van der Waals surface area contributed by atoms with Crippen molar-refractivity contribution in [2.24, 2.45) is 0 Å². The summed E-state index contributed by atoms with van der Waals surface area (Å²) in [5.41, 5.74) is 3.16. The minimum atomic E-state index is 0.619. The molecule has 0 spiro atoms. The maximum absolute atomic E-state index is 6.17. The smallest absolute Gasteiger partial charge is 0.212 e. The van der Waals surface area contributed by atoms with Crippen LogP contribution in [0.1, 0.15) is 11.1 Å². The standard InChI is InChI=1S/C17H16ClN3O/c1-22-16-5-4-12(10-21-16)9-19-11-14-8-15(18)7-13-3-2-6-20-17(13)14/h2-8,10,19H,9,11H2,1H3. The van der Waals surface area contributed by atoms with E-state index in [0.29, 0.717) is 12.4 Å². The summed E-state index contributed by atoms with van der Waals surface area (Å²) < 4.78 is 5.05. The fraction of sp³-hybridized carbons (Fsp3) is 0.176. The quantitative estimate of drug-likeness (QED) is 0.782. The second kappa shape index (κ2) is 6.73. The molecule has 0 aliphatic carbocycles. The van der Waals surface area contributed by atoms with Crippen LogP contribution >= 0.6 is 11.6 Å². The first kappa shape index (κ1) is 14.8. The van der Waals surface area contributed by atoms with Crippen LogP contribution in [0.4, 0.5) is 0 Å². The molecule has 5 heteroatoms. The van der Waals surface area contributed by atoms with E-state index in [1.807, 2.05) is 36.4 Å². The van der Waals surface area contributed by atoms with Crippen molar-refractivity contribution >= 4 is 22.5 Å². The molecule has 1 aromatic carbocycles. The molecule has 0 bridgehead atoms. The number of hydrogen-bond acceptors (Lipinski definition) is 4. The summed E-state index contributed by atoms with van der Waals surface area (Å²) >= 11 is 6.17. The number of benzene rings is 1. The molecule has 0 aliphatic heterocycles. The van der Waals surface area contributed by atoms with E-state index in [-0.39, 0.29) is 0 Å². The molecule has 112 valence electrons. The Morgan fingerprint density at radius 3 is 2.82 bits per heavy atom. The lowest BCUT2D eigenvalue weighted by atomic mass is 10.1. The Balaban J connectivity index is 1.71. The van der Waals surface area contributed by atoms with Crippen LogP contribution < -0.4 is 10.1 Å². The molecule has 0 atom stereocenters. The molecule has 0 saturated carbocycles. The number of halogens is 1. The lowest BCUT2D eigenvalue weighted by Gasteiger charge is -2.09. The fourth-order valence-corrected chi connectivity index (χ4v) is 2.59. The van der Waals surface area contributed by atoms with E-state index in [1.54, 1.807) is 19.5 Å². The van der Waals surface area contributed by atoms with Gasteiger partial charge < -0.3 is 10.1 Å². The van der Waals surface area contributed by atoms with Crippen LogP contribution in [0.2, 0.25) is 5.02 Å². The van der Waals surface area contributed by atoms with E-state index >= 15 is 0 Å². The van der Waals surface area contributed by atoms with Crippen LogP contribution in [0, 0.1) is 0 Å². The molecule has 22 heavy (non-hydrogen) atoms. The third kappa shape index (κ3) is 3.35. The molecule has 0 unspecified atom stereocenters. The molecule has 0 saturated heterocycles. The molecule has 1 N–H and O–H groups in total. The molecule has 0 radical (unpaired) electrons. The number of nitrogens with zero attached hydrogens (tertiary/aromatic N) is 2. The van der Waals surface area contributed by atoms with E-state index in [1.165, 1.54) is 0 Å². The lowest BCUT2D eigenvalue weighted by molar-refractivity contribution is 0.397. The number of hydrogen-bond donors (Lipinski definition) is 1. The average Bonchev–Trinajstić information content (AvgIpc) is 2.55.